The fourth-order valence-corrected chi connectivity index (χ4v) is 1.89. The Kier molecular flexibility index (Phi) is 2.35. The van der Waals surface area contributed by atoms with Gasteiger partial charge in [-0.3, -0.25) is 5.10 Å². The van der Waals surface area contributed by atoms with Crippen LogP contribution >= 0.6 is 11.3 Å². The normalized spacial score (nSPS) is 10.5. The molecule has 0 saturated carbocycles. The summed E-state index contributed by atoms with van der Waals surface area (Å²) in [5.41, 5.74) is 1.14. The molecule has 0 atom stereocenters. The first kappa shape index (κ1) is 8.37. The maximum absolute atomic E-state index is 4.43. The lowest BCUT2D eigenvalue weighted by atomic mass is 10.3. The Labute approximate surface area is 80.1 Å². The summed E-state index contributed by atoms with van der Waals surface area (Å²) in [7, 11) is 0. The van der Waals surface area contributed by atoms with Gasteiger partial charge in [0.15, 0.2) is 10.8 Å². The van der Waals surface area contributed by atoms with E-state index in [1.165, 1.54) is 6.33 Å². The summed E-state index contributed by atoms with van der Waals surface area (Å²) >= 11 is 1.60. The maximum Gasteiger partial charge on any atom is 0.184 e. The number of thiazole rings is 1. The van der Waals surface area contributed by atoms with Gasteiger partial charge in [0.1, 0.15) is 6.33 Å². The molecule has 0 aromatic carbocycles. The number of aromatic nitrogens is 4. The van der Waals surface area contributed by atoms with Gasteiger partial charge in [-0.1, -0.05) is 13.3 Å². The zero-order valence-corrected chi connectivity index (χ0v) is 8.14. The minimum Gasteiger partial charge on any atom is -0.257 e. The van der Waals surface area contributed by atoms with E-state index in [1.54, 1.807) is 11.3 Å². The van der Waals surface area contributed by atoms with Crippen molar-refractivity contribution in [2.45, 2.75) is 19.8 Å². The van der Waals surface area contributed by atoms with Crippen LogP contribution in [0.2, 0.25) is 0 Å². The third-order valence-corrected chi connectivity index (χ3v) is 2.57. The highest BCUT2D eigenvalue weighted by Crippen LogP contribution is 2.19. The molecular weight excluding hydrogens is 184 g/mol. The molecule has 0 spiro atoms. The average molecular weight is 194 g/mol. The van der Waals surface area contributed by atoms with E-state index in [4.69, 9.17) is 0 Å². The molecule has 0 bridgehead atoms. The van der Waals surface area contributed by atoms with Crippen molar-refractivity contribution in [1.82, 2.24) is 20.2 Å². The van der Waals surface area contributed by atoms with Gasteiger partial charge < -0.3 is 0 Å². The van der Waals surface area contributed by atoms with Crippen LogP contribution in [0.3, 0.4) is 0 Å². The van der Waals surface area contributed by atoms with Crippen molar-refractivity contribution in [1.29, 1.82) is 0 Å². The third kappa shape index (κ3) is 1.75. The Hall–Kier alpha value is -1.23. The Morgan fingerprint density at radius 1 is 1.54 bits per heavy atom. The van der Waals surface area contributed by atoms with Crippen molar-refractivity contribution >= 4 is 11.3 Å². The third-order valence-electron chi connectivity index (χ3n) is 1.68. The average Bonchev–Trinajstić information content (AvgIpc) is 2.70. The summed E-state index contributed by atoms with van der Waals surface area (Å²) in [6, 6.07) is 0. The van der Waals surface area contributed by atoms with Crippen molar-refractivity contribution in [2.75, 3.05) is 0 Å². The fourth-order valence-electron chi connectivity index (χ4n) is 1.10. The van der Waals surface area contributed by atoms with Gasteiger partial charge in [0.05, 0.1) is 5.69 Å². The fraction of sp³-hybridized carbons (Fsp3) is 0.375. The monoisotopic (exact) mass is 194 g/mol. The van der Waals surface area contributed by atoms with Gasteiger partial charge >= 0.3 is 0 Å². The SMILES string of the molecule is CCCc1csc(-c2ncn[nH]2)n1. The van der Waals surface area contributed by atoms with Crippen LogP contribution < -0.4 is 0 Å². The van der Waals surface area contributed by atoms with Crippen LogP contribution in [0.15, 0.2) is 11.7 Å². The van der Waals surface area contributed by atoms with Gasteiger partial charge in [0, 0.05) is 5.38 Å². The lowest BCUT2D eigenvalue weighted by Gasteiger charge is -1.88. The topological polar surface area (TPSA) is 54.5 Å². The number of nitrogens with one attached hydrogen (secondary N) is 1. The van der Waals surface area contributed by atoms with Crippen molar-refractivity contribution in [3.05, 3.63) is 17.4 Å². The second-order valence-electron chi connectivity index (χ2n) is 2.73. The molecule has 2 heterocycles. The van der Waals surface area contributed by atoms with Gasteiger partial charge in [0.25, 0.3) is 0 Å². The molecule has 13 heavy (non-hydrogen) atoms. The highest BCUT2D eigenvalue weighted by atomic mass is 32.1. The summed E-state index contributed by atoms with van der Waals surface area (Å²) < 4.78 is 0. The molecule has 0 saturated heterocycles. The van der Waals surface area contributed by atoms with Gasteiger partial charge in [-0.15, -0.1) is 11.3 Å². The lowest BCUT2D eigenvalue weighted by molar-refractivity contribution is 0.892. The molecule has 2 aromatic rings. The maximum atomic E-state index is 4.43. The van der Waals surface area contributed by atoms with Gasteiger partial charge in [0.2, 0.25) is 0 Å². The van der Waals surface area contributed by atoms with Gasteiger partial charge in [-0.05, 0) is 6.42 Å². The molecule has 0 aliphatic carbocycles. The van der Waals surface area contributed by atoms with Crippen molar-refractivity contribution in [2.24, 2.45) is 0 Å². The van der Waals surface area contributed by atoms with E-state index in [9.17, 15) is 0 Å². The molecule has 4 nitrogen and oxygen atoms in total. The van der Waals surface area contributed by atoms with Crippen LogP contribution in [0.4, 0.5) is 0 Å². The minimum absolute atomic E-state index is 0.757. The van der Waals surface area contributed by atoms with E-state index in [1.807, 2.05) is 0 Å². The number of aromatic amines is 1. The van der Waals surface area contributed by atoms with Crippen LogP contribution in [0.1, 0.15) is 19.0 Å². The van der Waals surface area contributed by atoms with E-state index < -0.39 is 0 Å². The van der Waals surface area contributed by atoms with E-state index in [2.05, 4.69) is 32.5 Å². The predicted octanol–water partition coefficient (Wildman–Crippen LogP) is 1.88. The summed E-state index contributed by atoms with van der Waals surface area (Å²) in [5.74, 6) is 0.757. The van der Waals surface area contributed by atoms with E-state index in [-0.39, 0.29) is 0 Å². The molecule has 0 amide bonds. The first-order chi connectivity index (χ1) is 6.40. The molecule has 1 N–H and O–H groups in total. The molecule has 2 aromatic heterocycles. The Bertz CT molecular complexity index is 365. The second kappa shape index (κ2) is 3.66. The van der Waals surface area contributed by atoms with E-state index in [0.717, 1.165) is 29.4 Å². The summed E-state index contributed by atoms with van der Waals surface area (Å²) in [6.07, 6.45) is 3.65. The molecule has 0 radical (unpaired) electrons. The molecule has 0 unspecified atom stereocenters. The highest BCUT2D eigenvalue weighted by molar-refractivity contribution is 7.13. The highest BCUT2D eigenvalue weighted by Gasteiger charge is 2.05. The zero-order chi connectivity index (χ0) is 9.10. The lowest BCUT2D eigenvalue weighted by Crippen LogP contribution is -1.84. The quantitative estimate of drug-likeness (QED) is 0.811. The molecular formula is C8H10N4S. The van der Waals surface area contributed by atoms with Crippen LogP contribution in [0, 0.1) is 0 Å². The van der Waals surface area contributed by atoms with Gasteiger partial charge in [-0.25, -0.2) is 9.97 Å². The molecule has 0 aliphatic rings. The minimum atomic E-state index is 0.757. The van der Waals surface area contributed by atoms with Crippen molar-refractivity contribution in [3.8, 4) is 10.8 Å². The predicted molar refractivity (Wildman–Crippen MR) is 51.5 cm³/mol. The first-order valence-corrected chi connectivity index (χ1v) is 5.08. The number of hydrogen-bond acceptors (Lipinski definition) is 4. The second-order valence-corrected chi connectivity index (χ2v) is 3.59. The Balaban J connectivity index is 2.23. The number of H-pyrrole nitrogens is 1. The molecule has 5 heteroatoms. The molecule has 68 valence electrons. The van der Waals surface area contributed by atoms with Crippen LogP contribution in [0.5, 0.6) is 0 Å². The summed E-state index contributed by atoms with van der Waals surface area (Å²) in [6.45, 7) is 2.15. The number of nitrogens with zero attached hydrogens (tertiary/aromatic N) is 3. The van der Waals surface area contributed by atoms with Gasteiger partial charge in [-0.2, -0.15) is 5.10 Å². The molecule has 0 fully saturated rings. The largest absolute Gasteiger partial charge is 0.257 e. The van der Waals surface area contributed by atoms with Crippen LogP contribution in [-0.2, 0) is 6.42 Å². The Morgan fingerprint density at radius 3 is 3.15 bits per heavy atom. The van der Waals surface area contributed by atoms with Crippen LogP contribution in [0.25, 0.3) is 10.8 Å². The smallest absolute Gasteiger partial charge is 0.184 e. The number of aryl methyl sites for hydroxylation is 1. The van der Waals surface area contributed by atoms with E-state index >= 15 is 0 Å². The molecule has 2 rings (SSSR count). The number of rotatable bonds is 3. The molecule has 0 aliphatic heterocycles. The van der Waals surface area contributed by atoms with Crippen molar-refractivity contribution < 1.29 is 0 Å². The summed E-state index contributed by atoms with van der Waals surface area (Å²) in [4.78, 5) is 8.47. The summed E-state index contributed by atoms with van der Waals surface area (Å²) in [5, 5.41) is 9.57. The standard InChI is InChI=1S/C8H10N4S/c1-2-3-6-4-13-8(11-6)7-9-5-10-12-7/h4-5H,2-3H2,1H3,(H,9,10,12). The number of hydrogen-bond donors (Lipinski definition) is 1. The zero-order valence-electron chi connectivity index (χ0n) is 7.32. The Morgan fingerprint density at radius 2 is 2.46 bits per heavy atom. The van der Waals surface area contributed by atoms with E-state index in [0.29, 0.717) is 0 Å². The first-order valence-electron chi connectivity index (χ1n) is 4.20. The van der Waals surface area contributed by atoms with Crippen LogP contribution in [-0.4, -0.2) is 20.2 Å². The van der Waals surface area contributed by atoms with Crippen molar-refractivity contribution in [3.63, 3.8) is 0 Å².